The molecule has 4 atom stereocenters. The number of phenolic OH excluding ortho intramolecular Hbond substituents is 2. The number of hydrogen-bond acceptors (Lipinski definition) is 13. The van der Waals surface area contributed by atoms with Crippen LogP contribution >= 0.6 is 0 Å². The van der Waals surface area contributed by atoms with Crippen molar-refractivity contribution in [3.05, 3.63) is 48.0 Å². The highest BCUT2D eigenvalue weighted by Gasteiger charge is 2.28. The second-order valence-corrected chi connectivity index (χ2v) is 10.4. The smallest absolute Gasteiger partial charge is 0.259 e. The normalized spacial score (nSPS) is 23.1. The molecular formula is C26H35N11O3. The standard InChI is InChI=1S/C26H35N11O3/c27-14-8-15(28)11-36(10-14)25-33-24(34-26(35-25)37-12-16(29)9-17(30)13-37)32-19-6-4-18(5-7-19)31-23(40)20-2-1-3-21(38)22(20)39/h1-7,14-17,38-39H,8-13,27-30H2,(H,31,40)(H,32,33,34,35)/t14-,15+,16-,17+. The Kier molecular flexibility index (Phi) is 7.84. The number of anilines is 5. The Labute approximate surface area is 231 Å². The third-order valence-electron chi connectivity index (χ3n) is 6.87. The minimum absolute atomic E-state index is 0.0401. The fourth-order valence-electron chi connectivity index (χ4n) is 5.06. The van der Waals surface area contributed by atoms with Crippen LogP contribution in [-0.2, 0) is 0 Å². The molecule has 2 aliphatic rings. The zero-order valence-electron chi connectivity index (χ0n) is 21.9. The summed E-state index contributed by atoms with van der Waals surface area (Å²) in [7, 11) is 0. The first-order valence-corrected chi connectivity index (χ1v) is 13.1. The van der Waals surface area contributed by atoms with Crippen LogP contribution in [0.3, 0.4) is 0 Å². The number of nitrogens with two attached hydrogens (primary N) is 4. The van der Waals surface area contributed by atoms with E-state index in [1.54, 1.807) is 24.3 Å². The van der Waals surface area contributed by atoms with E-state index in [1.165, 1.54) is 18.2 Å². The number of rotatable bonds is 6. The molecule has 2 aliphatic heterocycles. The summed E-state index contributed by atoms with van der Waals surface area (Å²) in [5.41, 5.74) is 26.0. The Morgan fingerprint density at radius 3 is 1.77 bits per heavy atom. The number of aromatic nitrogens is 3. The number of aromatic hydroxyl groups is 2. The quantitative estimate of drug-likeness (QED) is 0.190. The molecule has 0 bridgehead atoms. The maximum Gasteiger partial charge on any atom is 0.259 e. The van der Waals surface area contributed by atoms with Gasteiger partial charge in [-0.25, -0.2) is 0 Å². The zero-order chi connectivity index (χ0) is 28.4. The molecule has 14 heteroatoms. The Hall–Kier alpha value is -4.24. The average Bonchev–Trinajstić information content (AvgIpc) is 2.90. The Bertz CT molecular complexity index is 1290. The molecule has 0 unspecified atom stereocenters. The Balaban J connectivity index is 1.37. The predicted molar refractivity (Wildman–Crippen MR) is 153 cm³/mol. The lowest BCUT2D eigenvalue weighted by atomic mass is 10.0. The molecule has 40 heavy (non-hydrogen) atoms. The Morgan fingerprint density at radius 1 is 0.750 bits per heavy atom. The van der Waals surface area contributed by atoms with Gasteiger partial charge in [0.2, 0.25) is 17.8 Å². The van der Waals surface area contributed by atoms with Crippen molar-refractivity contribution in [2.75, 3.05) is 46.6 Å². The fraction of sp³-hybridized carbons (Fsp3) is 0.385. The molecule has 2 fully saturated rings. The molecule has 0 radical (unpaired) electrons. The fourth-order valence-corrected chi connectivity index (χ4v) is 5.06. The number of piperidine rings is 2. The number of carbonyl (C=O) groups is 1. The molecule has 0 aliphatic carbocycles. The highest BCUT2D eigenvalue weighted by atomic mass is 16.3. The first kappa shape index (κ1) is 27.3. The molecule has 1 aromatic heterocycles. The van der Waals surface area contributed by atoms with Crippen LogP contribution in [0.25, 0.3) is 0 Å². The number of amides is 1. The molecule has 0 spiro atoms. The lowest BCUT2D eigenvalue weighted by molar-refractivity contribution is 0.102. The number of phenols is 2. The molecule has 0 saturated carbocycles. The van der Waals surface area contributed by atoms with Crippen LogP contribution < -0.4 is 43.4 Å². The van der Waals surface area contributed by atoms with E-state index >= 15 is 0 Å². The van der Waals surface area contributed by atoms with Gasteiger partial charge in [-0.3, -0.25) is 4.79 Å². The van der Waals surface area contributed by atoms with Gasteiger partial charge in [-0.15, -0.1) is 0 Å². The third kappa shape index (κ3) is 6.31. The molecule has 14 nitrogen and oxygen atoms in total. The van der Waals surface area contributed by atoms with E-state index in [-0.39, 0.29) is 35.5 Å². The third-order valence-corrected chi connectivity index (χ3v) is 6.87. The van der Waals surface area contributed by atoms with Crippen molar-refractivity contribution in [2.24, 2.45) is 22.9 Å². The van der Waals surface area contributed by atoms with E-state index in [4.69, 9.17) is 27.9 Å². The van der Waals surface area contributed by atoms with Crippen molar-refractivity contribution in [1.29, 1.82) is 0 Å². The van der Waals surface area contributed by atoms with Crippen LogP contribution in [0.4, 0.5) is 29.2 Å². The average molecular weight is 550 g/mol. The van der Waals surface area contributed by atoms with E-state index < -0.39 is 11.7 Å². The summed E-state index contributed by atoms with van der Waals surface area (Å²) >= 11 is 0. The van der Waals surface area contributed by atoms with Gasteiger partial charge in [0.05, 0.1) is 5.56 Å². The number of para-hydroxylation sites is 1. The van der Waals surface area contributed by atoms with Gasteiger partial charge in [0.1, 0.15) is 0 Å². The van der Waals surface area contributed by atoms with Gasteiger partial charge < -0.3 is 53.6 Å². The summed E-state index contributed by atoms with van der Waals surface area (Å²) in [5.74, 6) is -0.170. The van der Waals surface area contributed by atoms with E-state index in [9.17, 15) is 15.0 Å². The van der Waals surface area contributed by atoms with Crippen molar-refractivity contribution in [2.45, 2.75) is 37.0 Å². The van der Waals surface area contributed by atoms with E-state index in [0.29, 0.717) is 55.4 Å². The number of hydrogen-bond donors (Lipinski definition) is 8. The van der Waals surface area contributed by atoms with Crippen molar-refractivity contribution >= 4 is 35.1 Å². The van der Waals surface area contributed by atoms with Crippen LogP contribution in [0, 0.1) is 0 Å². The van der Waals surface area contributed by atoms with E-state index in [2.05, 4.69) is 20.6 Å². The summed E-state index contributed by atoms with van der Waals surface area (Å²) in [6.07, 6.45) is 1.45. The lowest BCUT2D eigenvalue weighted by Crippen LogP contribution is -2.54. The molecule has 12 N–H and O–H groups in total. The first-order chi connectivity index (χ1) is 19.1. The second kappa shape index (κ2) is 11.5. The van der Waals surface area contributed by atoms with Crippen LogP contribution in [0.5, 0.6) is 11.5 Å². The van der Waals surface area contributed by atoms with E-state index in [0.717, 1.165) is 12.8 Å². The maximum absolute atomic E-state index is 12.6. The SMILES string of the molecule is N[C@@H]1C[C@H](N)CN(c2nc(Nc3ccc(NC(=O)c4cccc(O)c4O)cc3)nc(N3C[C@H](N)C[C@H](N)C3)n2)C1. The highest BCUT2D eigenvalue weighted by Crippen LogP contribution is 2.29. The van der Waals surface area contributed by atoms with Crippen molar-refractivity contribution in [3.8, 4) is 11.5 Å². The minimum atomic E-state index is -0.559. The Morgan fingerprint density at radius 2 is 1.25 bits per heavy atom. The number of nitrogens with zero attached hydrogens (tertiary/aromatic N) is 5. The van der Waals surface area contributed by atoms with Gasteiger partial charge in [-0.2, -0.15) is 15.0 Å². The molecular weight excluding hydrogens is 514 g/mol. The summed E-state index contributed by atoms with van der Waals surface area (Å²) in [6, 6.07) is 10.7. The predicted octanol–water partition coefficient (Wildman–Crippen LogP) is 0.00810. The minimum Gasteiger partial charge on any atom is -0.504 e. The molecule has 2 aromatic carbocycles. The number of benzene rings is 2. The summed E-state index contributed by atoms with van der Waals surface area (Å²) in [6.45, 7) is 2.27. The molecule has 2 saturated heterocycles. The number of carbonyl (C=O) groups excluding carboxylic acids is 1. The van der Waals surface area contributed by atoms with Gasteiger partial charge in [0.15, 0.2) is 11.5 Å². The van der Waals surface area contributed by atoms with Crippen LogP contribution in [-0.4, -0.2) is 81.4 Å². The number of nitrogens with one attached hydrogen (secondary N) is 2. The van der Waals surface area contributed by atoms with Gasteiger partial charge >= 0.3 is 0 Å². The molecule has 1 amide bonds. The highest BCUT2D eigenvalue weighted by molar-refractivity contribution is 6.06. The summed E-state index contributed by atoms with van der Waals surface area (Å²) in [4.78, 5) is 30.5. The van der Waals surface area contributed by atoms with Gasteiger partial charge in [-0.05, 0) is 49.2 Å². The summed E-state index contributed by atoms with van der Waals surface area (Å²) in [5, 5.41) is 25.5. The van der Waals surface area contributed by atoms with Crippen LogP contribution in [0.2, 0.25) is 0 Å². The van der Waals surface area contributed by atoms with Crippen molar-refractivity contribution < 1.29 is 15.0 Å². The molecule has 212 valence electrons. The van der Waals surface area contributed by atoms with Crippen molar-refractivity contribution in [1.82, 2.24) is 15.0 Å². The second-order valence-electron chi connectivity index (χ2n) is 10.4. The summed E-state index contributed by atoms with van der Waals surface area (Å²) < 4.78 is 0. The van der Waals surface area contributed by atoms with Crippen molar-refractivity contribution in [3.63, 3.8) is 0 Å². The van der Waals surface area contributed by atoms with Gasteiger partial charge in [0.25, 0.3) is 5.91 Å². The topological polar surface area (TPSA) is 231 Å². The lowest BCUT2D eigenvalue weighted by Gasteiger charge is -2.37. The maximum atomic E-state index is 12.6. The van der Waals surface area contributed by atoms with Crippen LogP contribution in [0.15, 0.2) is 42.5 Å². The van der Waals surface area contributed by atoms with Crippen LogP contribution in [0.1, 0.15) is 23.2 Å². The first-order valence-electron chi connectivity index (χ1n) is 13.1. The van der Waals surface area contributed by atoms with Gasteiger partial charge in [-0.1, -0.05) is 6.07 Å². The molecule has 3 heterocycles. The molecule has 3 aromatic rings. The monoisotopic (exact) mass is 549 g/mol. The van der Waals surface area contributed by atoms with Gasteiger partial charge in [0, 0.05) is 61.7 Å². The molecule has 5 rings (SSSR count). The van der Waals surface area contributed by atoms with E-state index in [1.807, 2.05) is 9.80 Å². The zero-order valence-corrected chi connectivity index (χ0v) is 21.9. The largest absolute Gasteiger partial charge is 0.504 e.